The van der Waals surface area contributed by atoms with Gasteiger partial charge in [0.2, 0.25) is 11.8 Å². The second kappa shape index (κ2) is 6.92. The van der Waals surface area contributed by atoms with Crippen LogP contribution in [0.4, 0.5) is 13.2 Å². The fourth-order valence-electron chi connectivity index (χ4n) is 2.03. The molecule has 1 fully saturated rings. The molecule has 0 radical (unpaired) electrons. The summed E-state index contributed by atoms with van der Waals surface area (Å²) in [6.07, 6.45) is -3.15. The van der Waals surface area contributed by atoms with Crippen molar-refractivity contribution >= 4 is 11.8 Å². The minimum Gasteiger partial charge on any atom is -0.370 e. The van der Waals surface area contributed by atoms with E-state index in [0.29, 0.717) is 6.42 Å². The Labute approximate surface area is 115 Å². The molecule has 1 aliphatic heterocycles. The van der Waals surface area contributed by atoms with Crippen molar-refractivity contribution in [1.82, 2.24) is 10.2 Å². The van der Waals surface area contributed by atoms with Gasteiger partial charge in [0.1, 0.15) is 18.7 Å². The van der Waals surface area contributed by atoms with E-state index in [0.717, 1.165) is 6.42 Å². The lowest BCUT2D eigenvalue weighted by molar-refractivity contribution is -0.176. The van der Waals surface area contributed by atoms with Crippen molar-refractivity contribution in [2.75, 3.05) is 19.8 Å². The van der Waals surface area contributed by atoms with Gasteiger partial charge >= 0.3 is 6.18 Å². The zero-order valence-corrected chi connectivity index (χ0v) is 11.5. The first-order valence-electron chi connectivity index (χ1n) is 6.51. The van der Waals surface area contributed by atoms with Gasteiger partial charge in [-0.1, -0.05) is 13.3 Å². The number of nitrogens with zero attached hydrogens (tertiary/aromatic N) is 1. The summed E-state index contributed by atoms with van der Waals surface area (Å²) in [7, 11) is 0. The average Bonchev–Trinajstić information content (AvgIpc) is 2.34. The smallest absolute Gasteiger partial charge is 0.370 e. The minimum atomic E-state index is -4.39. The number of ether oxygens (including phenoxy) is 1. The third-order valence-corrected chi connectivity index (χ3v) is 3.06. The van der Waals surface area contributed by atoms with E-state index in [1.165, 1.54) is 4.90 Å². The van der Waals surface area contributed by atoms with Crippen molar-refractivity contribution in [2.45, 2.75) is 44.9 Å². The third kappa shape index (κ3) is 4.66. The molecular weight excluding hydrogens is 277 g/mol. The second-order valence-corrected chi connectivity index (χ2v) is 4.73. The lowest BCUT2D eigenvalue weighted by Crippen LogP contribution is -2.62. The van der Waals surface area contributed by atoms with E-state index in [1.807, 2.05) is 6.92 Å². The van der Waals surface area contributed by atoms with Gasteiger partial charge in [-0.05, 0) is 13.3 Å². The molecule has 0 aliphatic carbocycles. The molecule has 0 bridgehead atoms. The first kappa shape index (κ1) is 16.7. The van der Waals surface area contributed by atoms with Gasteiger partial charge < -0.3 is 15.0 Å². The number of halogens is 3. The fraction of sp³-hybridized carbons (Fsp3) is 0.833. The number of hydrogen-bond donors (Lipinski definition) is 1. The predicted molar refractivity (Wildman–Crippen MR) is 64.9 cm³/mol. The summed E-state index contributed by atoms with van der Waals surface area (Å²) in [6, 6.07) is -1.28. The molecule has 0 saturated carbocycles. The molecular formula is C12H19F3N2O3. The van der Waals surface area contributed by atoms with Crippen LogP contribution in [0.2, 0.25) is 0 Å². The van der Waals surface area contributed by atoms with E-state index in [4.69, 9.17) is 0 Å². The number of carbonyl (C=O) groups excluding carboxylic acids is 2. The molecule has 1 heterocycles. The monoisotopic (exact) mass is 296 g/mol. The van der Waals surface area contributed by atoms with Crippen LogP contribution in [0.1, 0.15) is 26.7 Å². The Kier molecular flexibility index (Phi) is 5.79. The highest BCUT2D eigenvalue weighted by Crippen LogP contribution is 2.15. The Morgan fingerprint density at radius 2 is 2.00 bits per heavy atom. The summed E-state index contributed by atoms with van der Waals surface area (Å²) in [6.45, 7) is 1.80. The molecule has 0 aromatic heterocycles. The molecule has 1 aliphatic rings. The van der Waals surface area contributed by atoms with E-state index in [-0.39, 0.29) is 25.0 Å². The molecule has 1 rings (SSSR count). The molecule has 0 aromatic rings. The molecule has 2 unspecified atom stereocenters. The van der Waals surface area contributed by atoms with E-state index >= 15 is 0 Å². The van der Waals surface area contributed by atoms with Crippen molar-refractivity contribution in [3.8, 4) is 0 Å². The summed E-state index contributed by atoms with van der Waals surface area (Å²) in [4.78, 5) is 25.1. The summed E-state index contributed by atoms with van der Waals surface area (Å²) in [5.74, 6) is -0.562. The fourth-order valence-corrected chi connectivity index (χ4v) is 2.03. The average molecular weight is 296 g/mol. The quantitative estimate of drug-likeness (QED) is 0.746. The first-order chi connectivity index (χ1) is 9.26. The minimum absolute atomic E-state index is 0.0241. The summed E-state index contributed by atoms with van der Waals surface area (Å²) in [5, 5.41) is 2.61. The van der Waals surface area contributed by atoms with Crippen LogP contribution < -0.4 is 5.32 Å². The molecule has 5 nitrogen and oxygen atoms in total. The Morgan fingerprint density at radius 3 is 2.55 bits per heavy atom. The highest BCUT2D eigenvalue weighted by Gasteiger charge is 2.37. The van der Waals surface area contributed by atoms with Crippen LogP contribution >= 0.6 is 0 Å². The molecule has 1 N–H and O–H groups in total. The van der Waals surface area contributed by atoms with Crippen LogP contribution in [0.25, 0.3) is 0 Å². The number of piperazine rings is 1. The summed E-state index contributed by atoms with van der Waals surface area (Å²) in [5.41, 5.74) is 0. The number of hydrogen-bond acceptors (Lipinski definition) is 3. The van der Waals surface area contributed by atoms with E-state index < -0.39 is 24.9 Å². The Morgan fingerprint density at radius 1 is 1.35 bits per heavy atom. The molecule has 116 valence electrons. The molecule has 8 heteroatoms. The van der Waals surface area contributed by atoms with Crippen molar-refractivity contribution in [3.05, 3.63) is 0 Å². The van der Waals surface area contributed by atoms with Crippen LogP contribution in [-0.2, 0) is 14.3 Å². The maximum Gasteiger partial charge on any atom is 0.411 e. The number of alkyl halides is 3. The van der Waals surface area contributed by atoms with Crippen LogP contribution in [0.3, 0.4) is 0 Å². The van der Waals surface area contributed by atoms with Gasteiger partial charge in [0.05, 0.1) is 6.61 Å². The number of nitrogens with one attached hydrogen (secondary N) is 1. The highest BCUT2D eigenvalue weighted by molar-refractivity contribution is 5.96. The Bertz CT molecular complexity index is 360. The normalized spacial score (nSPS) is 23.9. The molecule has 2 atom stereocenters. The first-order valence-corrected chi connectivity index (χ1v) is 6.51. The van der Waals surface area contributed by atoms with Crippen molar-refractivity contribution in [2.24, 2.45) is 0 Å². The van der Waals surface area contributed by atoms with Gasteiger partial charge in [-0.25, -0.2) is 0 Å². The van der Waals surface area contributed by atoms with Gasteiger partial charge in [0.25, 0.3) is 0 Å². The Hall–Kier alpha value is -1.31. The molecule has 0 aromatic carbocycles. The SMILES string of the molecule is CCCC1NC(=O)C(C)N(CCOCC(F)(F)F)C1=O. The van der Waals surface area contributed by atoms with Gasteiger partial charge in [-0.15, -0.1) is 0 Å². The number of carbonyl (C=O) groups is 2. The number of rotatable bonds is 6. The lowest BCUT2D eigenvalue weighted by atomic mass is 10.0. The van der Waals surface area contributed by atoms with E-state index in [9.17, 15) is 22.8 Å². The maximum absolute atomic E-state index is 12.1. The summed E-state index contributed by atoms with van der Waals surface area (Å²) < 4.78 is 40.3. The predicted octanol–water partition coefficient (Wildman–Crippen LogP) is 1.08. The van der Waals surface area contributed by atoms with Crippen molar-refractivity contribution < 1.29 is 27.5 Å². The van der Waals surface area contributed by atoms with Crippen LogP contribution in [0, 0.1) is 0 Å². The van der Waals surface area contributed by atoms with Crippen molar-refractivity contribution in [1.29, 1.82) is 0 Å². The van der Waals surface area contributed by atoms with E-state index in [1.54, 1.807) is 6.92 Å². The van der Waals surface area contributed by atoms with Gasteiger partial charge in [0, 0.05) is 6.54 Å². The van der Waals surface area contributed by atoms with Gasteiger partial charge in [-0.2, -0.15) is 13.2 Å². The van der Waals surface area contributed by atoms with E-state index in [2.05, 4.69) is 10.1 Å². The lowest BCUT2D eigenvalue weighted by Gasteiger charge is -2.37. The standard InChI is InChI=1S/C12H19F3N2O3/c1-3-4-9-11(19)17(8(2)10(18)16-9)5-6-20-7-12(13,14)15/h8-9H,3-7H2,1-2H3,(H,16,18). The van der Waals surface area contributed by atoms with Crippen LogP contribution in [-0.4, -0.2) is 54.7 Å². The molecule has 1 saturated heterocycles. The maximum atomic E-state index is 12.1. The van der Waals surface area contributed by atoms with Gasteiger partial charge in [-0.3, -0.25) is 9.59 Å². The molecule has 2 amide bonds. The van der Waals surface area contributed by atoms with Crippen LogP contribution in [0.5, 0.6) is 0 Å². The number of amides is 2. The second-order valence-electron chi connectivity index (χ2n) is 4.73. The van der Waals surface area contributed by atoms with Crippen molar-refractivity contribution in [3.63, 3.8) is 0 Å². The largest absolute Gasteiger partial charge is 0.411 e. The molecule has 20 heavy (non-hydrogen) atoms. The zero-order chi connectivity index (χ0) is 15.3. The zero-order valence-electron chi connectivity index (χ0n) is 11.5. The third-order valence-electron chi connectivity index (χ3n) is 3.06. The van der Waals surface area contributed by atoms with Gasteiger partial charge in [0.15, 0.2) is 0 Å². The highest BCUT2D eigenvalue weighted by atomic mass is 19.4. The molecule has 0 spiro atoms. The summed E-state index contributed by atoms with van der Waals surface area (Å²) >= 11 is 0. The van der Waals surface area contributed by atoms with Crippen LogP contribution in [0.15, 0.2) is 0 Å². The Balaban J connectivity index is 2.52. The topological polar surface area (TPSA) is 58.6 Å².